The Labute approximate surface area is 215 Å². The van der Waals surface area contributed by atoms with Gasteiger partial charge in [0.2, 0.25) is 0 Å². The zero-order valence-electron chi connectivity index (χ0n) is 20.2. The van der Waals surface area contributed by atoms with Gasteiger partial charge in [-0.3, -0.25) is 4.90 Å². The molecule has 2 aromatic heterocycles. The van der Waals surface area contributed by atoms with E-state index in [4.69, 9.17) is 47.9 Å². The van der Waals surface area contributed by atoms with Crippen molar-refractivity contribution < 1.29 is 9.59 Å². The summed E-state index contributed by atoms with van der Waals surface area (Å²) >= 11 is 12.6. The highest BCUT2D eigenvalue weighted by Gasteiger charge is 2.31. The van der Waals surface area contributed by atoms with Gasteiger partial charge in [0.1, 0.15) is 11.3 Å². The molecule has 2 aliphatic rings. The van der Waals surface area contributed by atoms with E-state index in [2.05, 4.69) is 23.6 Å². The van der Waals surface area contributed by atoms with E-state index in [9.17, 15) is 0 Å². The van der Waals surface area contributed by atoms with Gasteiger partial charge in [0.15, 0.2) is 5.65 Å². The molecule has 2 aliphatic heterocycles. The monoisotopic (exact) mass is 516 g/mol. The maximum Gasteiger partial charge on any atom is 0.373 e. The summed E-state index contributed by atoms with van der Waals surface area (Å²) in [5.74, 6) is 0.931. The number of aryl methyl sites for hydroxylation is 1. The fraction of sp³-hybridized carbons (Fsp3) is 0.520. The highest BCUT2D eigenvalue weighted by molar-refractivity contribution is 6.35. The molecule has 8 nitrogen and oxygen atoms in total. The Morgan fingerprint density at radius 3 is 2.46 bits per heavy atom. The van der Waals surface area contributed by atoms with Crippen molar-refractivity contribution in [2.75, 3.05) is 24.5 Å². The first kappa shape index (κ1) is 25.6. The van der Waals surface area contributed by atoms with Crippen LogP contribution in [0.15, 0.2) is 24.4 Å². The van der Waals surface area contributed by atoms with Gasteiger partial charge in [-0.05, 0) is 70.7 Å². The summed E-state index contributed by atoms with van der Waals surface area (Å²) in [5, 5.41) is 6.02. The highest BCUT2D eigenvalue weighted by Crippen LogP contribution is 2.32. The molecule has 35 heavy (non-hydrogen) atoms. The molecule has 0 amide bonds. The third-order valence-electron chi connectivity index (χ3n) is 7.20. The number of benzene rings is 1. The van der Waals surface area contributed by atoms with Gasteiger partial charge in [-0.2, -0.15) is 14.7 Å². The number of hydrogen-bond acceptors (Lipinski definition) is 7. The number of aromatic nitrogens is 4. The molecule has 0 aliphatic carbocycles. The van der Waals surface area contributed by atoms with Gasteiger partial charge < -0.3 is 4.90 Å². The Bertz CT molecular complexity index is 1220. The molecule has 2 saturated heterocycles. The molecule has 10 heteroatoms. The predicted molar refractivity (Wildman–Crippen MR) is 136 cm³/mol. The molecule has 0 spiro atoms. The quantitative estimate of drug-likeness (QED) is 0.486. The molecule has 2 atom stereocenters. The minimum Gasteiger partial charge on any atom is -0.355 e. The molecule has 0 saturated carbocycles. The lowest BCUT2D eigenvalue weighted by atomic mass is 10.0. The summed E-state index contributed by atoms with van der Waals surface area (Å²) in [6.45, 7) is 9.71. The summed E-state index contributed by atoms with van der Waals surface area (Å²) in [5.41, 5.74) is 3.48. The van der Waals surface area contributed by atoms with E-state index in [1.165, 1.54) is 32.2 Å². The second kappa shape index (κ2) is 11.0. The number of nitrogens with zero attached hydrogens (tertiary/aromatic N) is 6. The third-order valence-corrected chi connectivity index (χ3v) is 7.76. The molecule has 0 bridgehead atoms. The van der Waals surface area contributed by atoms with Crippen molar-refractivity contribution in [2.45, 2.75) is 64.6 Å². The van der Waals surface area contributed by atoms with E-state index >= 15 is 0 Å². The third kappa shape index (κ3) is 5.36. The summed E-state index contributed by atoms with van der Waals surface area (Å²) in [6.07, 6.45) is 7.18. The summed E-state index contributed by atoms with van der Waals surface area (Å²) in [6, 6.07) is 6.93. The number of piperidine rings is 1. The fourth-order valence-corrected chi connectivity index (χ4v) is 5.93. The second-order valence-electron chi connectivity index (χ2n) is 9.30. The first-order valence-electron chi connectivity index (χ1n) is 12.0. The smallest absolute Gasteiger partial charge is 0.355 e. The summed E-state index contributed by atoms with van der Waals surface area (Å²) < 4.78 is 1.94. The topological polar surface area (TPSA) is 84.2 Å². The maximum atomic E-state index is 8.12. The second-order valence-corrected chi connectivity index (χ2v) is 10.1. The number of fused-ring (bicyclic) bond motifs is 1. The standard InChI is InChI=1S/C24H30Cl2N6.CO2/c1-15-5-4-10-31(15)19-8-11-30(12-9-19)22-14-27-23-16(2)29-32(24(23)28-22)17(3)20-7-6-18(25)13-21(20)26;2-1-3/h6-7,13-15,17,19H,4-5,8-12H2,1-3H3;. The van der Waals surface area contributed by atoms with Crippen LogP contribution in [0.1, 0.15) is 56.8 Å². The Kier molecular flexibility index (Phi) is 8.07. The largest absolute Gasteiger partial charge is 0.373 e. The lowest BCUT2D eigenvalue weighted by molar-refractivity contribution is -0.191. The van der Waals surface area contributed by atoms with Crippen molar-refractivity contribution in [3.8, 4) is 0 Å². The van der Waals surface area contributed by atoms with Crippen LogP contribution >= 0.6 is 23.2 Å². The first-order chi connectivity index (χ1) is 16.8. The number of carbonyl (C=O) groups excluding carboxylic acids is 2. The van der Waals surface area contributed by atoms with Gasteiger partial charge in [0.05, 0.1) is 17.9 Å². The first-order valence-corrected chi connectivity index (χ1v) is 12.8. The van der Waals surface area contributed by atoms with Crippen LogP contribution in [0.25, 0.3) is 11.2 Å². The van der Waals surface area contributed by atoms with Gasteiger partial charge >= 0.3 is 6.15 Å². The average Bonchev–Trinajstić information content (AvgIpc) is 3.42. The Morgan fingerprint density at radius 2 is 1.83 bits per heavy atom. The van der Waals surface area contributed by atoms with E-state index < -0.39 is 0 Å². The van der Waals surface area contributed by atoms with Crippen molar-refractivity contribution in [3.05, 3.63) is 45.7 Å². The van der Waals surface area contributed by atoms with Crippen LogP contribution in [0.4, 0.5) is 5.82 Å². The molecule has 2 unspecified atom stereocenters. The molecule has 3 aromatic rings. The number of halogens is 2. The zero-order chi connectivity index (χ0) is 25.1. The Morgan fingerprint density at radius 1 is 1.11 bits per heavy atom. The fourth-order valence-electron chi connectivity index (χ4n) is 5.36. The van der Waals surface area contributed by atoms with Crippen molar-refractivity contribution in [2.24, 2.45) is 0 Å². The predicted octanol–water partition coefficient (Wildman–Crippen LogP) is 4.92. The van der Waals surface area contributed by atoms with Crippen molar-refractivity contribution >= 4 is 46.3 Å². The highest BCUT2D eigenvalue weighted by atomic mass is 35.5. The number of likely N-dealkylation sites (tertiary alicyclic amines) is 1. The van der Waals surface area contributed by atoms with E-state index in [-0.39, 0.29) is 12.2 Å². The van der Waals surface area contributed by atoms with Gasteiger partial charge in [0.25, 0.3) is 0 Å². The minimum atomic E-state index is -0.0806. The molecule has 0 radical (unpaired) electrons. The molecular weight excluding hydrogens is 487 g/mol. The van der Waals surface area contributed by atoms with Crippen molar-refractivity contribution in [1.82, 2.24) is 24.6 Å². The molecule has 4 heterocycles. The van der Waals surface area contributed by atoms with E-state index in [1.54, 1.807) is 6.07 Å². The SMILES string of the molecule is Cc1nn(C(C)c2ccc(Cl)cc2Cl)c2nc(N3CCC(N4CCCC4C)CC3)cnc12.O=C=O. The normalized spacial score (nSPS) is 19.9. The molecule has 2 fully saturated rings. The van der Waals surface area contributed by atoms with Crippen LogP contribution in [0, 0.1) is 6.92 Å². The van der Waals surface area contributed by atoms with Crippen LogP contribution in [-0.4, -0.2) is 62.5 Å². The molecule has 186 valence electrons. The van der Waals surface area contributed by atoms with E-state index in [1.807, 2.05) is 29.9 Å². The number of rotatable bonds is 4. The van der Waals surface area contributed by atoms with Gasteiger partial charge in [0, 0.05) is 35.2 Å². The van der Waals surface area contributed by atoms with Crippen molar-refractivity contribution in [3.63, 3.8) is 0 Å². The Balaban J connectivity index is 0.000000917. The van der Waals surface area contributed by atoms with Crippen LogP contribution in [0.5, 0.6) is 0 Å². The molecule has 5 rings (SSSR count). The van der Waals surface area contributed by atoms with E-state index in [0.717, 1.165) is 47.4 Å². The Hall–Kier alpha value is -2.51. The van der Waals surface area contributed by atoms with Crippen LogP contribution in [0.3, 0.4) is 0 Å². The summed E-state index contributed by atoms with van der Waals surface area (Å²) in [7, 11) is 0. The van der Waals surface area contributed by atoms with Crippen molar-refractivity contribution in [1.29, 1.82) is 0 Å². The number of hydrogen-bond donors (Lipinski definition) is 0. The summed E-state index contributed by atoms with van der Waals surface area (Å²) in [4.78, 5) is 31.1. The number of anilines is 1. The van der Waals surface area contributed by atoms with Gasteiger partial charge in [-0.1, -0.05) is 29.3 Å². The molecule has 1 aromatic carbocycles. The maximum absolute atomic E-state index is 8.12. The lowest BCUT2D eigenvalue weighted by Gasteiger charge is -2.39. The lowest BCUT2D eigenvalue weighted by Crippen LogP contribution is -2.46. The average molecular weight is 517 g/mol. The van der Waals surface area contributed by atoms with Crippen LogP contribution < -0.4 is 4.90 Å². The van der Waals surface area contributed by atoms with Gasteiger partial charge in [-0.15, -0.1) is 0 Å². The molecule has 0 N–H and O–H groups in total. The molecular formula is C25H30Cl2N6O2. The van der Waals surface area contributed by atoms with Gasteiger partial charge in [-0.25, -0.2) is 14.6 Å². The van der Waals surface area contributed by atoms with E-state index in [0.29, 0.717) is 16.1 Å². The van der Waals surface area contributed by atoms with Crippen LogP contribution in [-0.2, 0) is 9.59 Å². The van der Waals surface area contributed by atoms with Crippen LogP contribution in [0.2, 0.25) is 10.0 Å². The minimum absolute atomic E-state index is 0.0806. The zero-order valence-corrected chi connectivity index (χ0v) is 21.8.